The maximum absolute atomic E-state index is 13.5. The van der Waals surface area contributed by atoms with Gasteiger partial charge in [0.15, 0.2) is 0 Å². The van der Waals surface area contributed by atoms with E-state index in [-0.39, 0.29) is 17.3 Å². The average Bonchev–Trinajstić information content (AvgIpc) is 3.32. The van der Waals surface area contributed by atoms with Crippen LogP contribution >= 0.6 is 0 Å². The van der Waals surface area contributed by atoms with Crippen molar-refractivity contribution in [3.8, 4) is 0 Å². The first kappa shape index (κ1) is 22.8. The zero-order valence-corrected chi connectivity index (χ0v) is 18.9. The number of hydrogen-bond donors (Lipinski definition) is 3. The predicted octanol–water partition coefficient (Wildman–Crippen LogP) is 4.72. The number of alkyl halides is 3. The fraction of sp³-hybridized carbons (Fsp3) is 0.280. The number of hydrogen-bond acceptors (Lipinski definition) is 5. The lowest BCUT2D eigenvalue weighted by Gasteiger charge is -2.40. The highest BCUT2D eigenvalue weighted by atomic mass is 19.4. The van der Waals surface area contributed by atoms with Crippen molar-refractivity contribution < 1.29 is 18.0 Å². The summed E-state index contributed by atoms with van der Waals surface area (Å²) in [5.41, 5.74) is 6.99. The van der Waals surface area contributed by atoms with Gasteiger partial charge in [-0.25, -0.2) is 0 Å². The Morgan fingerprint density at radius 2 is 2.00 bits per heavy atom. The van der Waals surface area contributed by atoms with E-state index in [0.29, 0.717) is 12.0 Å². The maximum Gasteiger partial charge on any atom is 0.417 e. The molecule has 7 nitrogen and oxygen atoms in total. The molecule has 4 aromatic rings. The van der Waals surface area contributed by atoms with Crippen LogP contribution in [0.4, 0.5) is 18.9 Å². The molecular formula is C25H23F3N6O. The molecule has 1 amide bonds. The molecule has 0 bridgehead atoms. The van der Waals surface area contributed by atoms with Gasteiger partial charge in [0.2, 0.25) is 0 Å². The number of benzene rings is 1. The Balaban J connectivity index is 1.60. The van der Waals surface area contributed by atoms with Crippen LogP contribution in [-0.2, 0) is 18.1 Å². The van der Waals surface area contributed by atoms with Crippen LogP contribution in [0.25, 0.3) is 10.9 Å². The minimum Gasteiger partial charge on any atom is -0.397 e. The molecule has 0 aliphatic heterocycles. The van der Waals surface area contributed by atoms with Crippen molar-refractivity contribution in [3.05, 3.63) is 83.1 Å². The first-order valence-electron chi connectivity index (χ1n) is 11.2. The van der Waals surface area contributed by atoms with E-state index in [4.69, 9.17) is 5.73 Å². The number of carbonyl (C=O) groups is 1. The monoisotopic (exact) mass is 480 g/mol. The summed E-state index contributed by atoms with van der Waals surface area (Å²) in [5, 5.41) is 11.0. The smallest absolute Gasteiger partial charge is 0.397 e. The molecule has 1 aliphatic rings. The van der Waals surface area contributed by atoms with Crippen molar-refractivity contribution in [2.24, 2.45) is 0 Å². The lowest BCUT2D eigenvalue weighted by molar-refractivity contribution is -0.137. The van der Waals surface area contributed by atoms with Crippen molar-refractivity contribution in [1.82, 2.24) is 25.5 Å². The number of aromatic nitrogens is 4. The number of aromatic amines is 1. The van der Waals surface area contributed by atoms with Crippen molar-refractivity contribution >= 4 is 22.5 Å². The Morgan fingerprint density at radius 3 is 2.77 bits per heavy atom. The zero-order valence-electron chi connectivity index (χ0n) is 18.9. The second kappa shape index (κ2) is 8.37. The van der Waals surface area contributed by atoms with E-state index in [9.17, 15) is 18.0 Å². The number of carbonyl (C=O) groups excluding carboxylic acids is 1. The second-order valence-corrected chi connectivity index (χ2v) is 8.98. The third-order valence-electron chi connectivity index (χ3n) is 6.71. The molecule has 1 aromatic carbocycles. The first-order valence-corrected chi connectivity index (χ1v) is 11.2. The van der Waals surface area contributed by atoms with E-state index in [1.54, 1.807) is 43.6 Å². The topological polar surface area (TPSA) is 110 Å². The molecule has 10 heteroatoms. The van der Waals surface area contributed by atoms with Gasteiger partial charge in [0.05, 0.1) is 34.2 Å². The molecule has 180 valence electrons. The van der Waals surface area contributed by atoms with E-state index in [1.165, 1.54) is 0 Å². The largest absolute Gasteiger partial charge is 0.417 e. The number of nitrogens with one attached hydrogen (secondary N) is 2. The second-order valence-electron chi connectivity index (χ2n) is 8.98. The van der Waals surface area contributed by atoms with Gasteiger partial charge >= 0.3 is 6.18 Å². The van der Waals surface area contributed by atoms with Gasteiger partial charge in [-0.1, -0.05) is 6.07 Å². The van der Waals surface area contributed by atoms with Gasteiger partial charge in [0.1, 0.15) is 0 Å². The number of rotatable bonds is 4. The van der Waals surface area contributed by atoms with Crippen LogP contribution in [-0.4, -0.2) is 26.1 Å². The van der Waals surface area contributed by atoms with Gasteiger partial charge in [-0.2, -0.15) is 18.3 Å². The number of nitrogens with two attached hydrogens (primary N) is 1. The third kappa shape index (κ3) is 4.09. The van der Waals surface area contributed by atoms with E-state index < -0.39 is 23.2 Å². The molecular weight excluding hydrogens is 457 g/mol. The number of nitrogen functional groups attached to an aromatic ring is 1. The fourth-order valence-corrected chi connectivity index (χ4v) is 4.95. The highest BCUT2D eigenvalue weighted by molar-refractivity contribution is 5.98. The number of fused-ring (bicyclic) bond motifs is 2. The molecule has 4 N–H and O–H groups in total. The van der Waals surface area contributed by atoms with Gasteiger partial charge in [0.25, 0.3) is 5.91 Å². The molecule has 35 heavy (non-hydrogen) atoms. The molecule has 0 fully saturated rings. The molecule has 0 spiro atoms. The summed E-state index contributed by atoms with van der Waals surface area (Å²) in [7, 11) is 0. The first-order chi connectivity index (χ1) is 16.7. The van der Waals surface area contributed by atoms with Crippen LogP contribution in [0.3, 0.4) is 0 Å². The van der Waals surface area contributed by atoms with Crippen molar-refractivity contribution in [1.29, 1.82) is 0 Å². The standard InChI is InChI=1S/C25H23F3N6O/c1-24(18-6-2-4-16-12-32-34-21(16)18,22-19(29)11-17(13-31-22)25(26,27)28)33-23(35)15-7-8-20-14(10-15)5-3-9-30-20/h3,5,7-13,18H,2,4,6,29H2,1H3,(H,32,34)(H,33,35). The van der Waals surface area contributed by atoms with Gasteiger partial charge < -0.3 is 11.1 Å². The zero-order chi connectivity index (χ0) is 24.8. The quantitative estimate of drug-likeness (QED) is 0.392. The summed E-state index contributed by atoms with van der Waals surface area (Å²) in [4.78, 5) is 21.9. The summed E-state index contributed by atoms with van der Waals surface area (Å²) < 4.78 is 39.8. The van der Waals surface area contributed by atoms with E-state index in [2.05, 4.69) is 25.5 Å². The SMILES string of the molecule is CC(NC(=O)c1ccc2ncccc2c1)(c1ncc(C(F)(F)F)cc1N)C1CCCc2cn[nH]c21. The summed E-state index contributed by atoms with van der Waals surface area (Å²) in [5.74, 6) is -0.725. The van der Waals surface area contributed by atoms with Gasteiger partial charge in [-0.05, 0) is 62.1 Å². The van der Waals surface area contributed by atoms with E-state index in [1.807, 2.05) is 6.07 Å². The Morgan fingerprint density at radius 1 is 1.17 bits per heavy atom. The lowest BCUT2D eigenvalue weighted by atomic mass is 9.72. The van der Waals surface area contributed by atoms with Crippen LogP contribution in [0.2, 0.25) is 0 Å². The number of anilines is 1. The summed E-state index contributed by atoms with van der Waals surface area (Å²) in [6, 6.07) is 9.64. The number of pyridine rings is 2. The van der Waals surface area contributed by atoms with Crippen LogP contribution in [0.15, 0.2) is 55.0 Å². The van der Waals surface area contributed by atoms with E-state index >= 15 is 0 Å². The molecule has 3 heterocycles. The van der Waals surface area contributed by atoms with Crippen molar-refractivity contribution in [2.75, 3.05) is 5.73 Å². The highest BCUT2D eigenvalue weighted by Crippen LogP contribution is 2.45. The number of halogens is 3. The van der Waals surface area contributed by atoms with Crippen LogP contribution in [0.5, 0.6) is 0 Å². The minimum atomic E-state index is -4.58. The Kier molecular flexibility index (Phi) is 5.46. The van der Waals surface area contributed by atoms with Gasteiger partial charge in [-0.15, -0.1) is 0 Å². The number of H-pyrrole nitrogens is 1. The average molecular weight is 480 g/mol. The molecule has 2 unspecified atom stereocenters. The Bertz CT molecular complexity index is 1420. The predicted molar refractivity (Wildman–Crippen MR) is 124 cm³/mol. The van der Waals surface area contributed by atoms with Crippen LogP contribution < -0.4 is 11.1 Å². The molecule has 1 aliphatic carbocycles. The molecule has 2 atom stereocenters. The summed E-state index contributed by atoms with van der Waals surface area (Å²) >= 11 is 0. The third-order valence-corrected chi connectivity index (χ3v) is 6.71. The maximum atomic E-state index is 13.5. The molecule has 0 saturated heterocycles. The van der Waals surface area contributed by atoms with Gasteiger partial charge in [0, 0.05) is 35.0 Å². The molecule has 0 saturated carbocycles. The Labute approximate surface area is 199 Å². The van der Waals surface area contributed by atoms with Crippen LogP contribution in [0.1, 0.15) is 58.6 Å². The minimum absolute atomic E-state index is 0.142. The van der Waals surface area contributed by atoms with Crippen LogP contribution in [0, 0.1) is 0 Å². The summed E-state index contributed by atoms with van der Waals surface area (Å²) in [6.45, 7) is 1.75. The number of aryl methyl sites for hydroxylation is 1. The van der Waals surface area contributed by atoms with Gasteiger partial charge in [-0.3, -0.25) is 19.9 Å². The van der Waals surface area contributed by atoms with E-state index in [0.717, 1.165) is 47.3 Å². The normalized spacial score (nSPS) is 17.5. The van der Waals surface area contributed by atoms with Crippen molar-refractivity contribution in [3.63, 3.8) is 0 Å². The number of nitrogens with zero attached hydrogens (tertiary/aromatic N) is 3. The summed E-state index contributed by atoms with van der Waals surface area (Å²) in [6.07, 6.45) is 1.89. The Hall–Kier alpha value is -3.95. The molecule has 3 aromatic heterocycles. The molecule has 5 rings (SSSR count). The molecule has 0 radical (unpaired) electrons. The van der Waals surface area contributed by atoms with Crippen molar-refractivity contribution in [2.45, 2.75) is 43.8 Å². The highest BCUT2D eigenvalue weighted by Gasteiger charge is 2.44. The lowest BCUT2D eigenvalue weighted by Crippen LogP contribution is -2.50. The fourth-order valence-electron chi connectivity index (χ4n) is 4.95. The number of amides is 1.